The number of ether oxygens (including phenoxy) is 2. The van der Waals surface area contributed by atoms with E-state index in [-0.39, 0.29) is 5.91 Å². The molecular formula is C29H33N3O5S3. The fraction of sp³-hybridized carbons (Fsp3) is 0.414. The fourth-order valence-electron chi connectivity index (χ4n) is 5.22. The maximum Gasteiger partial charge on any atom is 0.260 e. The Bertz CT molecular complexity index is 1600. The van der Waals surface area contributed by atoms with Crippen molar-refractivity contribution in [2.75, 3.05) is 57.9 Å². The van der Waals surface area contributed by atoms with Crippen molar-refractivity contribution < 1.29 is 22.7 Å². The Morgan fingerprint density at radius 1 is 0.950 bits per heavy atom. The Balaban J connectivity index is 1.15. The van der Waals surface area contributed by atoms with E-state index in [1.807, 2.05) is 35.7 Å². The summed E-state index contributed by atoms with van der Waals surface area (Å²) in [5.41, 5.74) is 0.494. The predicted octanol–water partition coefficient (Wildman–Crippen LogP) is 5.64. The van der Waals surface area contributed by atoms with Crippen molar-refractivity contribution in [1.29, 1.82) is 0 Å². The van der Waals surface area contributed by atoms with Gasteiger partial charge in [0.2, 0.25) is 10.0 Å². The zero-order valence-electron chi connectivity index (χ0n) is 22.3. The molecule has 2 aliphatic heterocycles. The number of thiophene rings is 2. The molecule has 2 fully saturated rings. The van der Waals surface area contributed by atoms with E-state index in [0.29, 0.717) is 40.9 Å². The molecule has 212 valence electrons. The number of unbranched alkanes of at least 4 members (excludes halogenated alkanes) is 1. The summed E-state index contributed by atoms with van der Waals surface area (Å²) >= 11 is 3.00. The standard InChI is InChI=1S/C29H33N3O5S3/c33-29(30-28-18-21-5-6-23(19-27(21)39-28)40(34,35)32-9-1-2-10-32)24-17-22-7-16-38-26(22)20-25(24)37-13-4-3-8-31-11-14-36-15-12-31/h5-7,16-20H,1-4,8-15H2,(H,30,33). The molecule has 4 aromatic rings. The van der Waals surface area contributed by atoms with Crippen LogP contribution in [0.25, 0.3) is 20.2 Å². The van der Waals surface area contributed by atoms with E-state index in [1.54, 1.807) is 27.8 Å². The van der Waals surface area contributed by atoms with E-state index in [0.717, 1.165) is 78.7 Å². The zero-order valence-corrected chi connectivity index (χ0v) is 24.7. The van der Waals surface area contributed by atoms with Crippen LogP contribution in [-0.2, 0) is 14.8 Å². The van der Waals surface area contributed by atoms with Crippen LogP contribution >= 0.6 is 22.7 Å². The molecule has 6 rings (SSSR count). The second kappa shape index (κ2) is 12.1. The van der Waals surface area contributed by atoms with Gasteiger partial charge in [-0.25, -0.2) is 8.42 Å². The van der Waals surface area contributed by atoms with Gasteiger partial charge in [0, 0.05) is 35.6 Å². The molecule has 1 amide bonds. The first kappa shape index (κ1) is 27.6. The topological polar surface area (TPSA) is 88.2 Å². The van der Waals surface area contributed by atoms with Gasteiger partial charge in [-0.15, -0.1) is 22.7 Å². The Morgan fingerprint density at radius 2 is 1.75 bits per heavy atom. The van der Waals surface area contributed by atoms with Crippen LogP contribution in [-0.4, -0.2) is 76.1 Å². The van der Waals surface area contributed by atoms with E-state index in [1.165, 1.54) is 11.3 Å². The molecule has 4 heterocycles. The van der Waals surface area contributed by atoms with Gasteiger partial charge in [-0.05, 0) is 84.8 Å². The summed E-state index contributed by atoms with van der Waals surface area (Å²) in [6, 6.07) is 12.9. The molecule has 0 aliphatic carbocycles. The van der Waals surface area contributed by atoms with Gasteiger partial charge in [-0.1, -0.05) is 6.07 Å². The third kappa shape index (κ3) is 6.05. The molecule has 2 saturated heterocycles. The molecular weight excluding hydrogens is 567 g/mol. The minimum atomic E-state index is -3.50. The van der Waals surface area contributed by atoms with Crippen molar-refractivity contribution in [1.82, 2.24) is 9.21 Å². The lowest BCUT2D eigenvalue weighted by molar-refractivity contribution is 0.0368. The number of hydrogen-bond acceptors (Lipinski definition) is 8. The highest BCUT2D eigenvalue weighted by Gasteiger charge is 2.27. The number of carbonyl (C=O) groups excluding carboxylic acids is 1. The minimum Gasteiger partial charge on any atom is -0.493 e. The molecule has 1 N–H and O–H groups in total. The average molecular weight is 600 g/mol. The number of hydrogen-bond donors (Lipinski definition) is 1. The average Bonchev–Trinajstić information content (AvgIpc) is 3.73. The van der Waals surface area contributed by atoms with Crippen molar-refractivity contribution >= 4 is 63.8 Å². The van der Waals surface area contributed by atoms with Crippen LogP contribution < -0.4 is 10.1 Å². The van der Waals surface area contributed by atoms with Gasteiger partial charge in [0.05, 0.1) is 35.3 Å². The Kier molecular flexibility index (Phi) is 8.38. The molecule has 0 bridgehead atoms. The minimum absolute atomic E-state index is 0.243. The largest absolute Gasteiger partial charge is 0.493 e. The van der Waals surface area contributed by atoms with Crippen molar-refractivity contribution in [2.45, 2.75) is 30.6 Å². The molecule has 2 aliphatic rings. The highest BCUT2D eigenvalue weighted by molar-refractivity contribution is 7.89. The Hall–Kier alpha value is -2.54. The summed E-state index contributed by atoms with van der Waals surface area (Å²) < 4.78 is 41.1. The first-order valence-electron chi connectivity index (χ1n) is 13.8. The van der Waals surface area contributed by atoms with Gasteiger partial charge < -0.3 is 14.8 Å². The smallest absolute Gasteiger partial charge is 0.260 e. The van der Waals surface area contributed by atoms with Gasteiger partial charge in [-0.2, -0.15) is 4.31 Å². The van der Waals surface area contributed by atoms with Gasteiger partial charge in [0.25, 0.3) is 5.91 Å². The lowest BCUT2D eigenvalue weighted by Gasteiger charge is -2.26. The summed E-state index contributed by atoms with van der Waals surface area (Å²) in [7, 11) is -3.50. The van der Waals surface area contributed by atoms with E-state index in [4.69, 9.17) is 9.47 Å². The molecule has 0 unspecified atom stereocenters. The van der Waals surface area contributed by atoms with Gasteiger partial charge >= 0.3 is 0 Å². The van der Waals surface area contributed by atoms with Crippen LogP contribution in [0.1, 0.15) is 36.0 Å². The summed E-state index contributed by atoms with van der Waals surface area (Å²) in [5, 5.41) is 7.60. The molecule has 0 atom stereocenters. The molecule has 0 saturated carbocycles. The van der Waals surface area contributed by atoms with Crippen molar-refractivity contribution in [3.8, 4) is 5.75 Å². The van der Waals surface area contributed by atoms with E-state index >= 15 is 0 Å². The number of sulfonamides is 1. The molecule has 11 heteroatoms. The summed E-state index contributed by atoms with van der Waals surface area (Å²) in [4.78, 5) is 16.2. The third-order valence-corrected chi connectivity index (χ3v) is 11.2. The van der Waals surface area contributed by atoms with Gasteiger partial charge in [-0.3, -0.25) is 9.69 Å². The number of nitrogens with one attached hydrogen (secondary N) is 1. The van der Waals surface area contributed by atoms with Crippen molar-refractivity contribution in [3.63, 3.8) is 0 Å². The summed E-state index contributed by atoms with van der Waals surface area (Å²) in [5.74, 6) is 0.340. The number of carbonyl (C=O) groups is 1. The number of fused-ring (bicyclic) bond motifs is 2. The number of anilines is 1. The second-order valence-electron chi connectivity index (χ2n) is 10.2. The Morgan fingerprint density at radius 3 is 2.58 bits per heavy atom. The van der Waals surface area contributed by atoms with Crippen LogP contribution in [0.3, 0.4) is 0 Å². The molecule has 0 spiro atoms. The first-order valence-corrected chi connectivity index (χ1v) is 16.9. The van der Waals surface area contributed by atoms with Crippen LogP contribution in [0.2, 0.25) is 0 Å². The maximum absolute atomic E-state index is 13.5. The van der Waals surface area contributed by atoms with E-state index in [9.17, 15) is 13.2 Å². The van der Waals surface area contributed by atoms with Crippen LogP contribution in [0.15, 0.2) is 52.7 Å². The molecule has 2 aromatic heterocycles. The zero-order chi connectivity index (χ0) is 27.5. The first-order chi connectivity index (χ1) is 19.5. The number of rotatable bonds is 10. The monoisotopic (exact) mass is 599 g/mol. The molecule has 0 radical (unpaired) electrons. The summed E-state index contributed by atoms with van der Waals surface area (Å²) in [6.45, 7) is 6.26. The number of benzene rings is 2. The second-order valence-corrected chi connectivity index (χ2v) is 14.2. The van der Waals surface area contributed by atoms with Gasteiger partial charge in [0.15, 0.2) is 0 Å². The van der Waals surface area contributed by atoms with Crippen molar-refractivity contribution in [3.05, 3.63) is 53.4 Å². The third-order valence-electron chi connectivity index (χ3n) is 7.46. The molecule has 8 nitrogen and oxygen atoms in total. The van der Waals surface area contributed by atoms with Gasteiger partial charge in [0.1, 0.15) is 5.75 Å². The molecule has 2 aromatic carbocycles. The van der Waals surface area contributed by atoms with Crippen LogP contribution in [0.5, 0.6) is 5.75 Å². The van der Waals surface area contributed by atoms with Crippen molar-refractivity contribution in [2.24, 2.45) is 0 Å². The van der Waals surface area contributed by atoms with Crippen LogP contribution in [0, 0.1) is 0 Å². The van der Waals surface area contributed by atoms with Crippen LogP contribution in [0.4, 0.5) is 5.00 Å². The lowest BCUT2D eigenvalue weighted by atomic mass is 10.1. The SMILES string of the molecule is O=C(Nc1cc2ccc(S(=O)(=O)N3CCCC3)cc2s1)c1cc2ccsc2cc1OCCCCN1CCOCC1. The molecule has 40 heavy (non-hydrogen) atoms. The highest BCUT2D eigenvalue weighted by Crippen LogP contribution is 2.35. The number of morpholine rings is 1. The predicted molar refractivity (Wildman–Crippen MR) is 162 cm³/mol. The normalized spacial score (nSPS) is 17.1. The fourth-order valence-corrected chi connectivity index (χ4v) is 8.64. The highest BCUT2D eigenvalue weighted by atomic mass is 32.2. The van der Waals surface area contributed by atoms with E-state index in [2.05, 4.69) is 10.2 Å². The van der Waals surface area contributed by atoms with E-state index < -0.39 is 10.0 Å². The quantitative estimate of drug-likeness (QED) is 0.237. The Labute approximate surface area is 242 Å². The number of amides is 1. The lowest BCUT2D eigenvalue weighted by Crippen LogP contribution is -2.36. The summed E-state index contributed by atoms with van der Waals surface area (Å²) in [6.07, 6.45) is 3.72. The maximum atomic E-state index is 13.5. The number of nitrogens with zero attached hydrogens (tertiary/aromatic N) is 2.